The summed E-state index contributed by atoms with van der Waals surface area (Å²) >= 11 is 0. The molecule has 0 bridgehead atoms. The van der Waals surface area contributed by atoms with Crippen molar-refractivity contribution in [3.8, 4) is 5.75 Å². The predicted molar refractivity (Wildman–Crippen MR) is 111 cm³/mol. The second-order valence-electron chi connectivity index (χ2n) is 7.69. The van der Waals surface area contributed by atoms with Crippen LogP contribution in [0.2, 0.25) is 0 Å². The summed E-state index contributed by atoms with van der Waals surface area (Å²) in [7, 11) is 0. The highest BCUT2D eigenvalue weighted by Gasteiger charge is 2.51. The first-order valence-electron chi connectivity index (χ1n) is 10.3. The van der Waals surface area contributed by atoms with Crippen LogP contribution >= 0.6 is 0 Å². The van der Waals surface area contributed by atoms with Gasteiger partial charge in [-0.3, -0.25) is 14.5 Å². The van der Waals surface area contributed by atoms with Crippen molar-refractivity contribution in [3.63, 3.8) is 0 Å². The third-order valence-electron chi connectivity index (χ3n) is 5.72. The number of fused-ring (bicyclic) bond motifs is 1. The van der Waals surface area contributed by atoms with E-state index in [0.29, 0.717) is 49.1 Å². The van der Waals surface area contributed by atoms with Crippen molar-refractivity contribution in [1.29, 1.82) is 0 Å². The molecule has 2 aromatic rings. The van der Waals surface area contributed by atoms with Gasteiger partial charge in [-0.1, -0.05) is 18.2 Å². The number of hydrogen-bond acceptors (Lipinski definition) is 5. The Kier molecular flexibility index (Phi) is 5.85. The number of anilines is 1. The Bertz CT molecular complexity index is 923. The van der Waals surface area contributed by atoms with Crippen LogP contribution in [0.3, 0.4) is 0 Å². The molecule has 0 aliphatic carbocycles. The fourth-order valence-corrected chi connectivity index (χ4v) is 4.11. The fourth-order valence-electron chi connectivity index (χ4n) is 4.11. The van der Waals surface area contributed by atoms with Crippen LogP contribution in [0.25, 0.3) is 0 Å². The van der Waals surface area contributed by atoms with Gasteiger partial charge in [0.25, 0.3) is 5.91 Å². The quantitative estimate of drug-likeness (QED) is 0.658. The Balaban J connectivity index is 1.57. The van der Waals surface area contributed by atoms with Crippen LogP contribution in [0.15, 0.2) is 48.5 Å². The summed E-state index contributed by atoms with van der Waals surface area (Å²) < 4.78 is 10.8. The van der Waals surface area contributed by atoms with Crippen molar-refractivity contribution in [2.24, 2.45) is 0 Å². The van der Waals surface area contributed by atoms with Crippen molar-refractivity contribution < 1.29 is 29.1 Å². The normalized spacial score (nSPS) is 21.5. The summed E-state index contributed by atoms with van der Waals surface area (Å²) in [4.78, 5) is 29.1. The van der Waals surface area contributed by atoms with Crippen molar-refractivity contribution in [1.82, 2.24) is 0 Å². The molecule has 0 spiro atoms. The highest BCUT2D eigenvalue weighted by Crippen LogP contribution is 2.42. The van der Waals surface area contributed by atoms with Gasteiger partial charge >= 0.3 is 0 Å². The number of quaternary nitrogens is 1. The number of morpholine rings is 1. The smallest absolute Gasteiger partial charge is 0.268 e. The number of aliphatic hydroxyl groups is 1. The Morgan fingerprint density at radius 3 is 2.57 bits per heavy atom. The summed E-state index contributed by atoms with van der Waals surface area (Å²) in [5.74, 6) is -0.0547. The number of para-hydroxylation sites is 1. The van der Waals surface area contributed by atoms with E-state index in [1.807, 2.05) is 19.1 Å². The zero-order valence-corrected chi connectivity index (χ0v) is 17.1. The Morgan fingerprint density at radius 2 is 1.87 bits per heavy atom. The molecule has 2 aliphatic heterocycles. The average Bonchev–Trinajstić information content (AvgIpc) is 2.97. The summed E-state index contributed by atoms with van der Waals surface area (Å²) in [6.07, 6.45) is -0.300. The van der Waals surface area contributed by atoms with Crippen molar-refractivity contribution in [3.05, 3.63) is 59.7 Å². The maximum absolute atomic E-state index is 13.3. The number of ether oxygens (including phenoxy) is 2. The van der Waals surface area contributed by atoms with E-state index in [9.17, 15) is 14.7 Å². The number of Topliss-reactive ketones (excluding diaryl/α,β-unsaturated/α-hetero) is 1. The number of nitrogens with one attached hydrogen (secondary N) is 1. The van der Waals surface area contributed by atoms with Gasteiger partial charge in [0.1, 0.15) is 18.8 Å². The van der Waals surface area contributed by atoms with E-state index in [1.54, 1.807) is 41.3 Å². The molecule has 30 heavy (non-hydrogen) atoms. The molecule has 1 amide bonds. The van der Waals surface area contributed by atoms with Crippen LogP contribution in [-0.4, -0.2) is 56.4 Å². The van der Waals surface area contributed by atoms with Crippen molar-refractivity contribution >= 4 is 17.4 Å². The highest BCUT2D eigenvalue weighted by molar-refractivity contribution is 6.10. The fraction of sp³-hybridized carbons (Fsp3) is 0.391. The van der Waals surface area contributed by atoms with Crippen LogP contribution in [0.4, 0.5) is 5.69 Å². The molecule has 4 rings (SSSR count). The second kappa shape index (κ2) is 8.55. The number of rotatable bonds is 7. The Morgan fingerprint density at radius 1 is 1.17 bits per heavy atom. The average molecular weight is 411 g/mol. The minimum absolute atomic E-state index is 0.288. The van der Waals surface area contributed by atoms with E-state index in [4.69, 9.17) is 9.47 Å². The molecular formula is C23H27N2O5+. The van der Waals surface area contributed by atoms with E-state index < -0.39 is 11.5 Å². The third kappa shape index (κ3) is 3.84. The van der Waals surface area contributed by atoms with Gasteiger partial charge in [-0.25, -0.2) is 0 Å². The molecule has 0 aromatic heterocycles. The molecule has 158 valence electrons. The molecule has 0 saturated carbocycles. The summed E-state index contributed by atoms with van der Waals surface area (Å²) in [6.45, 7) is 5.78. The van der Waals surface area contributed by atoms with Gasteiger partial charge in [-0.2, -0.15) is 0 Å². The molecule has 0 unspecified atom stereocenters. The minimum atomic E-state index is -1.86. The SMILES string of the molecule is CCOc1ccc(C(=O)C[C@@]2(O)C(=O)N(C[NH+]3CCOCC3)c3ccccc32)cc1. The van der Waals surface area contributed by atoms with E-state index in [1.165, 1.54) is 4.90 Å². The van der Waals surface area contributed by atoms with Gasteiger partial charge in [0.2, 0.25) is 0 Å². The highest BCUT2D eigenvalue weighted by atomic mass is 16.5. The largest absolute Gasteiger partial charge is 0.494 e. The van der Waals surface area contributed by atoms with Crippen LogP contribution in [0.1, 0.15) is 29.3 Å². The van der Waals surface area contributed by atoms with E-state index in [0.717, 1.165) is 13.1 Å². The van der Waals surface area contributed by atoms with Gasteiger partial charge in [0.15, 0.2) is 18.1 Å². The number of benzene rings is 2. The summed E-state index contributed by atoms with van der Waals surface area (Å²) in [5.41, 5.74) is -0.266. The zero-order chi connectivity index (χ0) is 21.1. The number of hydrogen-bond donors (Lipinski definition) is 2. The van der Waals surface area contributed by atoms with Crippen LogP contribution < -0.4 is 14.5 Å². The molecule has 2 N–H and O–H groups in total. The lowest BCUT2D eigenvalue weighted by Crippen LogP contribution is -3.15. The molecule has 2 aromatic carbocycles. The maximum Gasteiger partial charge on any atom is 0.268 e. The van der Waals surface area contributed by atoms with Crippen LogP contribution in [0.5, 0.6) is 5.75 Å². The standard InChI is InChI=1S/C23H26N2O5/c1-2-30-18-9-7-17(8-10-18)21(26)15-23(28)19-5-3-4-6-20(19)25(22(23)27)16-24-11-13-29-14-12-24/h3-10,28H,2,11-16H2,1H3/p+1/t23-/m0/s1. The Hall–Kier alpha value is -2.74. The van der Waals surface area contributed by atoms with Crippen LogP contribution in [-0.2, 0) is 15.1 Å². The number of carbonyl (C=O) groups is 2. The third-order valence-corrected chi connectivity index (χ3v) is 5.72. The zero-order valence-electron chi connectivity index (χ0n) is 17.1. The first-order chi connectivity index (χ1) is 14.5. The lowest BCUT2D eigenvalue weighted by molar-refractivity contribution is -0.906. The van der Waals surface area contributed by atoms with E-state index >= 15 is 0 Å². The lowest BCUT2D eigenvalue weighted by Gasteiger charge is -2.29. The summed E-state index contributed by atoms with van der Waals surface area (Å²) in [5, 5.41) is 11.4. The van der Waals surface area contributed by atoms with Gasteiger partial charge in [0, 0.05) is 11.1 Å². The minimum Gasteiger partial charge on any atom is -0.494 e. The molecule has 2 aliphatic rings. The number of amides is 1. The lowest BCUT2D eigenvalue weighted by atomic mass is 9.88. The molecule has 1 saturated heterocycles. The molecule has 7 nitrogen and oxygen atoms in total. The molecule has 1 atom stereocenters. The Labute approximate surface area is 175 Å². The molecule has 2 heterocycles. The molecule has 0 radical (unpaired) electrons. The second-order valence-corrected chi connectivity index (χ2v) is 7.69. The molecule has 7 heteroatoms. The monoisotopic (exact) mass is 411 g/mol. The number of nitrogens with zero attached hydrogens (tertiary/aromatic N) is 1. The predicted octanol–water partition coefficient (Wildman–Crippen LogP) is 0.765. The van der Waals surface area contributed by atoms with Crippen LogP contribution in [0, 0.1) is 0 Å². The van der Waals surface area contributed by atoms with Crippen molar-refractivity contribution in [2.75, 3.05) is 44.5 Å². The first-order valence-corrected chi connectivity index (χ1v) is 10.3. The van der Waals surface area contributed by atoms with Gasteiger partial charge in [0.05, 0.1) is 31.9 Å². The van der Waals surface area contributed by atoms with E-state index in [-0.39, 0.29) is 12.2 Å². The van der Waals surface area contributed by atoms with Gasteiger partial charge in [-0.05, 0) is 37.3 Å². The topological polar surface area (TPSA) is 80.5 Å². The maximum atomic E-state index is 13.3. The molecule has 1 fully saturated rings. The first kappa shape index (κ1) is 20.5. The van der Waals surface area contributed by atoms with Gasteiger partial charge < -0.3 is 19.5 Å². The number of carbonyl (C=O) groups excluding carboxylic acids is 2. The molecular weight excluding hydrogens is 384 g/mol. The van der Waals surface area contributed by atoms with Gasteiger partial charge in [-0.15, -0.1) is 0 Å². The number of ketones is 1. The van der Waals surface area contributed by atoms with E-state index in [2.05, 4.69) is 0 Å². The van der Waals surface area contributed by atoms with Crippen molar-refractivity contribution in [2.45, 2.75) is 18.9 Å². The summed E-state index contributed by atoms with van der Waals surface area (Å²) in [6, 6.07) is 13.9.